The Balaban J connectivity index is 1.79. The molecule has 3 rings (SSSR count). The van der Waals surface area contributed by atoms with Gasteiger partial charge in [0.15, 0.2) is 6.61 Å². The molecule has 0 bridgehead atoms. The largest absolute Gasteiger partial charge is 0.483 e. The molecule has 0 aliphatic carbocycles. The van der Waals surface area contributed by atoms with E-state index in [0.29, 0.717) is 11.3 Å². The number of carbonyl (C=O) groups is 1. The molecule has 0 fully saturated rings. The van der Waals surface area contributed by atoms with E-state index in [0.717, 1.165) is 34.2 Å². The molecule has 5 nitrogen and oxygen atoms in total. The second-order valence-corrected chi connectivity index (χ2v) is 6.26. The molecule has 0 aliphatic heterocycles. The molecule has 0 saturated heterocycles. The Morgan fingerprint density at radius 1 is 1.15 bits per heavy atom. The number of hydrogen-bond acceptors (Lipinski definition) is 4. The van der Waals surface area contributed by atoms with Crippen molar-refractivity contribution in [3.63, 3.8) is 0 Å². The lowest BCUT2D eigenvalue weighted by Crippen LogP contribution is -2.20. The van der Waals surface area contributed by atoms with E-state index in [1.165, 1.54) is 6.07 Å². The Bertz CT molecular complexity index is 1020. The summed E-state index contributed by atoms with van der Waals surface area (Å²) in [7, 11) is 0. The van der Waals surface area contributed by atoms with E-state index in [-0.39, 0.29) is 12.5 Å². The maximum Gasteiger partial charge on any atom is 0.336 e. The summed E-state index contributed by atoms with van der Waals surface area (Å²) in [5.41, 5.74) is 3.67. The summed E-state index contributed by atoms with van der Waals surface area (Å²) in [6.45, 7) is 5.72. The summed E-state index contributed by atoms with van der Waals surface area (Å²) < 4.78 is 11.0. The normalized spacial score (nSPS) is 10.7. The van der Waals surface area contributed by atoms with Crippen LogP contribution in [0.5, 0.6) is 5.75 Å². The number of ether oxygens (including phenoxy) is 1. The zero-order valence-corrected chi connectivity index (χ0v) is 15.1. The van der Waals surface area contributed by atoms with Crippen molar-refractivity contribution >= 4 is 22.6 Å². The van der Waals surface area contributed by atoms with Gasteiger partial charge in [-0.1, -0.05) is 19.1 Å². The van der Waals surface area contributed by atoms with Crippen molar-refractivity contribution in [1.82, 2.24) is 0 Å². The maximum atomic E-state index is 12.2. The minimum atomic E-state index is -0.401. The van der Waals surface area contributed by atoms with Gasteiger partial charge in [0.2, 0.25) is 0 Å². The fourth-order valence-corrected chi connectivity index (χ4v) is 2.86. The molecule has 1 aromatic heterocycles. The highest BCUT2D eigenvalue weighted by molar-refractivity contribution is 5.92. The summed E-state index contributed by atoms with van der Waals surface area (Å²) in [4.78, 5) is 23.8. The van der Waals surface area contributed by atoms with E-state index in [1.54, 1.807) is 6.07 Å². The average Bonchev–Trinajstić information content (AvgIpc) is 2.59. The lowest BCUT2D eigenvalue weighted by atomic mass is 10.1. The quantitative estimate of drug-likeness (QED) is 0.706. The molecule has 0 spiro atoms. The van der Waals surface area contributed by atoms with Gasteiger partial charge in [-0.3, -0.25) is 4.79 Å². The molecule has 1 heterocycles. The van der Waals surface area contributed by atoms with E-state index < -0.39 is 5.63 Å². The number of anilines is 1. The molecule has 0 radical (unpaired) electrons. The van der Waals surface area contributed by atoms with Gasteiger partial charge in [0.25, 0.3) is 5.91 Å². The number of amides is 1. The number of fused-ring (bicyclic) bond motifs is 1. The highest BCUT2D eigenvalue weighted by Crippen LogP contribution is 2.27. The average molecular weight is 351 g/mol. The molecular weight excluding hydrogens is 330 g/mol. The van der Waals surface area contributed by atoms with Crippen molar-refractivity contribution in [2.45, 2.75) is 27.2 Å². The number of aryl methyl sites for hydroxylation is 3. The first kappa shape index (κ1) is 17.7. The van der Waals surface area contributed by atoms with Crippen LogP contribution in [0.3, 0.4) is 0 Å². The van der Waals surface area contributed by atoms with E-state index in [4.69, 9.17) is 9.15 Å². The standard InChI is InChI=1S/C21H21NO4/c1-4-15-10-17-14(3)9-21(24)26-19(17)11-18(15)25-12-20(23)22-16-7-5-6-13(2)8-16/h5-11H,4,12H2,1-3H3,(H,22,23). The van der Waals surface area contributed by atoms with Crippen molar-refractivity contribution in [3.05, 3.63) is 69.6 Å². The zero-order chi connectivity index (χ0) is 18.7. The number of nitrogens with one attached hydrogen (secondary N) is 1. The van der Waals surface area contributed by atoms with Gasteiger partial charge in [-0.25, -0.2) is 4.79 Å². The van der Waals surface area contributed by atoms with Gasteiger partial charge in [-0.2, -0.15) is 0 Å². The SMILES string of the molecule is CCc1cc2c(C)cc(=O)oc2cc1OCC(=O)Nc1cccc(C)c1. The van der Waals surface area contributed by atoms with E-state index in [2.05, 4.69) is 5.32 Å². The molecule has 3 aromatic rings. The second kappa shape index (κ2) is 7.44. The van der Waals surface area contributed by atoms with Gasteiger partial charge in [-0.15, -0.1) is 0 Å². The molecular formula is C21H21NO4. The monoisotopic (exact) mass is 351 g/mol. The van der Waals surface area contributed by atoms with Crippen molar-refractivity contribution in [1.29, 1.82) is 0 Å². The van der Waals surface area contributed by atoms with Crippen LogP contribution in [0.15, 0.2) is 51.7 Å². The van der Waals surface area contributed by atoms with Crippen LogP contribution in [0.25, 0.3) is 11.0 Å². The highest BCUT2D eigenvalue weighted by Gasteiger charge is 2.11. The van der Waals surface area contributed by atoms with Crippen LogP contribution in [0, 0.1) is 13.8 Å². The fourth-order valence-electron chi connectivity index (χ4n) is 2.86. The number of benzene rings is 2. The Morgan fingerprint density at radius 3 is 2.69 bits per heavy atom. The summed E-state index contributed by atoms with van der Waals surface area (Å²) in [6, 6.07) is 12.7. The van der Waals surface area contributed by atoms with Crippen LogP contribution >= 0.6 is 0 Å². The maximum absolute atomic E-state index is 12.2. The third-order valence-electron chi connectivity index (χ3n) is 4.17. The Hall–Kier alpha value is -3.08. The molecule has 0 unspecified atom stereocenters. The first-order valence-corrected chi connectivity index (χ1v) is 8.53. The highest BCUT2D eigenvalue weighted by atomic mass is 16.5. The second-order valence-electron chi connectivity index (χ2n) is 6.26. The minimum absolute atomic E-state index is 0.123. The Labute approximate surface area is 151 Å². The van der Waals surface area contributed by atoms with E-state index in [1.807, 2.05) is 51.1 Å². The minimum Gasteiger partial charge on any atom is -0.483 e. The number of rotatable bonds is 5. The predicted octanol–water partition coefficient (Wildman–Crippen LogP) is 3.99. The molecule has 2 aromatic carbocycles. The molecule has 0 atom stereocenters. The van der Waals surface area contributed by atoms with Gasteiger partial charge in [0.1, 0.15) is 11.3 Å². The number of hydrogen-bond donors (Lipinski definition) is 1. The Morgan fingerprint density at radius 2 is 1.96 bits per heavy atom. The van der Waals surface area contributed by atoms with E-state index >= 15 is 0 Å². The first-order chi connectivity index (χ1) is 12.5. The third-order valence-corrected chi connectivity index (χ3v) is 4.17. The third kappa shape index (κ3) is 3.94. The smallest absolute Gasteiger partial charge is 0.336 e. The van der Waals surface area contributed by atoms with Crippen LogP contribution in [0.2, 0.25) is 0 Å². The van der Waals surface area contributed by atoms with Gasteiger partial charge in [0.05, 0.1) is 0 Å². The van der Waals surface area contributed by atoms with Gasteiger partial charge >= 0.3 is 5.63 Å². The molecule has 5 heteroatoms. The lowest BCUT2D eigenvalue weighted by Gasteiger charge is -2.12. The van der Waals surface area contributed by atoms with E-state index in [9.17, 15) is 9.59 Å². The van der Waals surface area contributed by atoms with Crippen molar-refractivity contribution in [2.75, 3.05) is 11.9 Å². The van der Waals surface area contributed by atoms with Crippen molar-refractivity contribution < 1.29 is 13.9 Å². The molecule has 26 heavy (non-hydrogen) atoms. The molecule has 1 N–H and O–H groups in total. The summed E-state index contributed by atoms with van der Waals surface area (Å²) in [5, 5.41) is 3.68. The molecule has 1 amide bonds. The summed E-state index contributed by atoms with van der Waals surface area (Å²) >= 11 is 0. The van der Waals surface area contributed by atoms with Crippen LogP contribution in [0.4, 0.5) is 5.69 Å². The zero-order valence-electron chi connectivity index (χ0n) is 15.1. The van der Waals surface area contributed by atoms with Crippen LogP contribution in [-0.4, -0.2) is 12.5 Å². The van der Waals surface area contributed by atoms with Crippen LogP contribution < -0.4 is 15.7 Å². The fraction of sp³-hybridized carbons (Fsp3) is 0.238. The Kier molecular flexibility index (Phi) is 5.07. The lowest BCUT2D eigenvalue weighted by molar-refractivity contribution is -0.118. The number of carbonyl (C=O) groups excluding carboxylic acids is 1. The molecule has 0 aliphatic rings. The topological polar surface area (TPSA) is 68.5 Å². The van der Waals surface area contributed by atoms with Gasteiger partial charge in [-0.05, 0) is 55.2 Å². The first-order valence-electron chi connectivity index (χ1n) is 8.53. The van der Waals surface area contributed by atoms with Gasteiger partial charge in [0, 0.05) is 23.2 Å². The summed E-state index contributed by atoms with van der Waals surface area (Å²) in [6.07, 6.45) is 0.739. The summed E-state index contributed by atoms with van der Waals surface area (Å²) in [5.74, 6) is 0.302. The molecule has 0 saturated carbocycles. The molecule has 134 valence electrons. The van der Waals surface area contributed by atoms with Crippen LogP contribution in [0.1, 0.15) is 23.6 Å². The predicted molar refractivity (Wildman–Crippen MR) is 102 cm³/mol. The van der Waals surface area contributed by atoms with Crippen molar-refractivity contribution in [2.24, 2.45) is 0 Å². The van der Waals surface area contributed by atoms with Gasteiger partial charge < -0.3 is 14.5 Å². The van der Waals surface area contributed by atoms with Crippen LogP contribution in [-0.2, 0) is 11.2 Å². The van der Waals surface area contributed by atoms with Crippen molar-refractivity contribution in [3.8, 4) is 5.75 Å².